The molecule has 1 aliphatic rings. The Morgan fingerprint density at radius 1 is 1.06 bits per heavy atom. The molecule has 0 bridgehead atoms. The van der Waals surface area contributed by atoms with Crippen LogP contribution >= 0.6 is 0 Å². The molecule has 1 aromatic heterocycles. The van der Waals surface area contributed by atoms with Gasteiger partial charge in [0, 0.05) is 29.9 Å². The summed E-state index contributed by atoms with van der Waals surface area (Å²) in [6.07, 6.45) is 3.66. The van der Waals surface area contributed by atoms with Gasteiger partial charge in [-0.2, -0.15) is 5.10 Å². The quantitative estimate of drug-likeness (QED) is 0.660. The second-order valence-corrected chi connectivity index (χ2v) is 7.88. The van der Waals surface area contributed by atoms with E-state index in [0.29, 0.717) is 11.4 Å². The number of halogens is 1. The Bertz CT molecular complexity index is 1100. The molecule has 31 heavy (non-hydrogen) atoms. The Hall–Kier alpha value is -3.48. The van der Waals surface area contributed by atoms with E-state index < -0.39 is 11.7 Å². The van der Waals surface area contributed by atoms with Crippen molar-refractivity contribution < 1.29 is 14.0 Å². The molecule has 2 amide bonds. The molecule has 0 fully saturated rings. The van der Waals surface area contributed by atoms with Crippen LogP contribution in [-0.2, 0) is 17.6 Å². The number of amides is 2. The van der Waals surface area contributed by atoms with Gasteiger partial charge in [0.1, 0.15) is 5.82 Å². The lowest BCUT2D eigenvalue weighted by Crippen LogP contribution is -2.35. The number of carbonyl (C=O) groups is 2. The Morgan fingerprint density at radius 2 is 1.74 bits per heavy atom. The fourth-order valence-corrected chi connectivity index (χ4v) is 3.99. The molecule has 1 aliphatic carbocycles. The molecule has 0 unspecified atom stereocenters. The molecule has 2 aromatic carbocycles. The van der Waals surface area contributed by atoms with Crippen molar-refractivity contribution in [3.05, 3.63) is 76.9 Å². The molecular formula is C24H25FN4O2. The minimum Gasteiger partial charge on any atom is -0.370 e. The lowest BCUT2D eigenvalue weighted by atomic mass is 9.95. The normalized spacial score (nSPS) is 13.0. The third-order valence-corrected chi connectivity index (χ3v) is 5.63. The Kier molecular flexibility index (Phi) is 5.84. The first kappa shape index (κ1) is 20.8. The first-order valence-corrected chi connectivity index (χ1v) is 10.5. The molecule has 0 aliphatic heterocycles. The van der Waals surface area contributed by atoms with Crippen LogP contribution in [0.2, 0.25) is 0 Å². The van der Waals surface area contributed by atoms with Gasteiger partial charge in [0.2, 0.25) is 5.91 Å². The number of hydrogen-bond donors (Lipinski definition) is 1. The second kappa shape index (κ2) is 8.71. The number of primary amides is 1. The number of hydrogen-bond acceptors (Lipinski definition) is 3. The van der Waals surface area contributed by atoms with Crippen LogP contribution in [0.5, 0.6) is 0 Å². The molecule has 7 heteroatoms. The van der Waals surface area contributed by atoms with Crippen molar-refractivity contribution in [1.82, 2.24) is 9.78 Å². The molecule has 160 valence electrons. The number of aromatic nitrogens is 2. The van der Waals surface area contributed by atoms with Gasteiger partial charge in [-0.05, 0) is 69.0 Å². The van der Waals surface area contributed by atoms with E-state index in [1.807, 2.05) is 35.9 Å². The van der Waals surface area contributed by atoms with Gasteiger partial charge in [-0.15, -0.1) is 0 Å². The van der Waals surface area contributed by atoms with Gasteiger partial charge in [0.15, 0.2) is 5.69 Å². The molecule has 1 heterocycles. The molecule has 0 atom stereocenters. The molecule has 4 rings (SSSR count). The molecule has 2 N–H and O–H groups in total. The smallest absolute Gasteiger partial charge is 0.279 e. The maximum atomic E-state index is 13.6. The highest BCUT2D eigenvalue weighted by Gasteiger charge is 2.29. The van der Waals surface area contributed by atoms with Crippen molar-refractivity contribution in [2.24, 2.45) is 5.73 Å². The van der Waals surface area contributed by atoms with Crippen LogP contribution in [0, 0.1) is 12.7 Å². The molecule has 0 spiro atoms. The van der Waals surface area contributed by atoms with E-state index >= 15 is 0 Å². The average molecular weight is 420 g/mol. The summed E-state index contributed by atoms with van der Waals surface area (Å²) in [5.41, 5.74) is 10.3. The maximum Gasteiger partial charge on any atom is 0.279 e. The first-order chi connectivity index (χ1) is 14.9. The molecule has 0 saturated heterocycles. The van der Waals surface area contributed by atoms with Gasteiger partial charge in [-0.3, -0.25) is 9.59 Å². The van der Waals surface area contributed by atoms with E-state index in [1.165, 1.54) is 29.2 Å². The number of fused-ring (bicyclic) bond motifs is 1. The zero-order valence-electron chi connectivity index (χ0n) is 17.5. The van der Waals surface area contributed by atoms with Crippen LogP contribution in [0.4, 0.5) is 10.1 Å². The summed E-state index contributed by atoms with van der Waals surface area (Å²) >= 11 is 0. The lowest BCUT2D eigenvalue weighted by Gasteiger charge is -2.22. The maximum absolute atomic E-state index is 13.6. The molecular weight excluding hydrogens is 395 g/mol. The number of benzene rings is 2. The van der Waals surface area contributed by atoms with Gasteiger partial charge < -0.3 is 10.6 Å². The van der Waals surface area contributed by atoms with E-state index in [2.05, 4.69) is 0 Å². The van der Waals surface area contributed by atoms with Crippen LogP contribution < -0.4 is 10.6 Å². The summed E-state index contributed by atoms with van der Waals surface area (Å²) in [7, 11) is 0. The van der Waals surface area contributed by atoms with E-state index in [1.54, 1.807) is 0 Å². The highest BCUT2D eigenvalue weighted by molar-refractivity contribution is 6.06. The molecule has 0 saturated carbocycles. The third kappa shape index (κ3) is 4.35. The van der Waals surface area contributed by atoms with E-state index in [4.69, 9.17) is 10.8 Å². The summed E-state index contributed by atoms with van der Waals surface area (Å²) in [5.74, 6) is -1.21. The van der Waals surface area contributed by atoms with Gasteiger partial charge in [0.05, 0.1) is 5.69 Å². The highest BCUT2D eigenvalue weighted by atomic mass is 19.1. The topological polar surface area (TPSA) is 81.2 Å². The summed E-state index contributed by atoms with van der Waals surface area (Å²) < 4.78 is 15.3. The summed E-state index contributed by atoms with van der Waals surface area (Å²) in [4.78, 5) is 26.5. The van der Waals surface area contributed by atoms with Crippen LogP contribution in [0.1, 0.15) is 46.6 Å². The van der Waals surface area contributed by atoms with Gasteiger partial charge in [0.25, 0.3) is 5.91 Å². The zero-order valence-corrected chi connectivity index (χ0v) is 17.5. The lowest BCUT2D eigenvalue weighted by molar-refractivity contribution is -0.117. The number of nitrogens with two attached hydrogens (primary N) is 1. The standard InChI is InChI=1S/C24H25FN4O2/c1-16-6-10-19(11-7-16)29-21-5-3-2-4-20(21)23(27-29)24(31)28(15-14-22(26)30)18-12-8-17(25)9-13-18/h6-13H,2-5,14-15H2,1H3,(H2,26,30). The number of aryl methyl sites for hydroxylation is 1. The van der Waals surface area contributed by atoms with Gasteiger partial charge in [-0.1, -0.05) is 17.7 Å². The highest BCUT2D eigenvalue weighted by Crippen LogP contribution is 2.29. The van der Waals surface area contributed by atoms with Crippen molar-refractivity contribution in [3.8, 4) is 5.69 Å². The largest absolute Gasteiger partial charge is 0.370 e. The van der Waals surface area contributed by atoms with Crippen molar-refractivity contribution in [3.63, 3.8) is 0 Å². The second-order valence-electron chi connectivity index (χ2n) is 7.88. The Morgan fingerprint density at radius 3 is 2.42 bits per heavy atom. The van der Waals surface area contributed by atoms with Crippen molar-refractivity contribution >= 4 is 17.5 Å². The molecule has 0 radical (unpaired) electrons. The van der Waals surface area contributed by atoms with Gasteiger partial charge in [-0.25, -0.2) is 9.07 Å². The fraction of sp³-hybridized carbons (Fsp3) is 0.292. The predicted molar refractivity (Wildman–Crippen MR) is 117 cm³/mol. The van der Waals surface area contributed by atoms with Crippen LogP contribution in [-0.4, -0.2) is 28.1 Å². The average Bonchev–Trinajstić information content (AvgIpc) is 3.15. The minimum absolute atomic E-state index is 0.00395. The molecule has 6 nitrogen and oxygen atoms in total. The Labute approximate surface area is 180 Å². The van der Waals surface area contributed by atoms with E-state index in [-0.39, 0.29) is 18.9 Å². The van der Waals surface area contributed by atoms with Gasteiger partial charge >= 0.3 is 0 Å². The van der Waals surface area contributed by atoms with E-state index in [9.17, 15) is 14.0 Å². The minimum atomic E-state index is -0.507. The SMILES string of the molecule is Cc1ccc(-n2nc(C(=O)N(CCC(N)=O)c3ccc(F)cc3)c3c2CCCC3)cc1. The summed E-state index contributed by atoms with van der Waals surface area (Å²) in [6.45, 7) is 2.13. The van der Waals surface area contributed by atoms with E-state index in [0.717, 1.165) is 48.2 Å². The number of rotatable bonds is 6. The monoisotopic (exact) mass is 420 g/mol. The fourth-order valence-electron chi connectivity index (χ4n) is 3.99. The summed E-state index contributed by atoms with van der Waals surface area (Å²) in [5, 5.41) is 4.72. The van der Waals surface area contributed by atoms with Crippen molar-refractivity contribution in [2.75, 3.05) is 11.4 Å². The number of anilines is 1. The van der Waals surface area contributed by atoms with Crippen molar-refractivity contribution in [1.29, 1.82) is 0 Å². The van der Waals surface area contributed by atoms with Crippen LogP contribution in [0.15, 0.2) is 48.5 Å². The third-order valence-electron chi connectivity index (χ3n) is 5.63. The number of nitrogens with zero attached hydrogens (tertiary/aromatic N) is 3. The Balaban J connectivity index is 1.76. The first-order valence-electron chi connectivity index (χ1n) is 10.5. The number of carbonyl (C=O) groups excluding carboxylic acids is 2. The molecule has 3 aromatic rings. The van der Waals surface area contributed by atoms with Crippen LogP contribution in [0.25, 0.3) is 5.69 Å². The zero-order chi connectivity index (χ0) is 22.0. The van der Waals surface area contributed by atoms with Crippen molar-refractivity contribution in [2.45, 2.75) is 39.0 Å². The summed E-state index contributed by atoms with van der Waals surface area (Å²) in [6, 6.07) is 13.7. The van der Waals surface area contributed by atoms with Crippen LogP contribution in [0.3, 0.4) is 0 Å². The predicted octanol–water partition coefficient (Wildman–Crippen LogP) is 3.72.